The molecule has 0 saturated heterocycles. The lowest BCUT2D eigenvalue weighted by atomic mass is 10.0. The van der Waals surface area contributed by atoms with Crippen LogP contribution in [0.5, 0.6) is 0 Å². The van der Waals surface area contributed by atoms with Crippen molar-refractivity contribution in [3.63, 3.8) is 0 Å². The van der Waals surface area contributed by atoms with Crippen molar-refractivity contribution < 1.29 is 24.3 Å². The average molecular weight is 587 g/mol. The Morgan fingerprint density at radius 2 is 1.48 bits per heavy atom. The van der Waals surface area contributed by atoms with E-state index in [0.717, 1.165) is 16.5 Å². The van der Waals surface area contributed by atoms with Crippen LogP contribution in [0.4, 0.5) is 0 Å². The van der Waals surface area contributed by atoms with Gasteiger partial charge in [0.05, 0.1) is 6.04 Å². The zero-order valence-electron chi connectivity index (χ0n) is 24.9. The van der Waals surface area contributed by atoms with E-state index in [0.29, 0.717) is 12.8 Å². The molecule has 42 heavy (non-hydrogen) atoms. The molecule has 2 aromatic rings. The highest BCUT2D eigenvalue weighted by atomic mass is 16.4. The molecular weight excluding hydrogens is 540 g/mol. The molecule has 13 nitrogen and oxygen atoms in total. The van der Waals surface area contributed by atoms with Crippen molar-refractivity contribution in [3.05, 3.63) is 36.0 Å². The number of aromatic amines is 1. The number of guanidine groups is 1. The minimum atomic E-state index is -1.17. The van der Waals surface area contributed by atoms with E-state index in [1.807, 2.05) is 52.0 Å². The van der Waals surface area contributed by atoms with Crippen LogP contribution in [0.25, 0.3) is 10.9 Å². The van der Waals surface area contributed by atoms with Gasteiger partial charge in [-0.2, -0.15) is 0 Å². The molecule has 4 atom stereocenters. The summed E-state index contributed by atoms with van der Waals surface area (Å²) in [6, 6.07) is 3.38. The van der Waals surface area contributed by atoms with Crippen LogP contribution in [0.3, 0.4) is 0 Å². The maximum absolute atomic E-state index is 13.6. The molecule has 4 unspecified atom stereocenters. The van der Waals surface area contributed by atoms with Gasteiger partial charge in [-0.3, -0.25) is 19.4 Å². The minimum Gasteiger partial charge on any atom is -0.480 e. The van der Waals surface area contributed by atoms with E-state index in [9.17, 15) is 24.3 Å². The number of aliphatic imine (C=N–C) groups is 1. The highest BCUT2D eigenvalue weighted by molar-refractivity contribution is 5.94. The molecule has 1 aromatic carbocycles. The maximum atomic E-state index is 13.6. The van der Waals surface area contributed by atoms with Gasteiger partial charge in [-0.15, -0.1) is 0 Å². The van der Waals surface area contributed by atoms with Gasteiger partial charge in [-0.25, -0.2) is 4.79 Å². The fourth-order valence-electron chi connectivity index (χ4n) is 4.63. The summed E-state index contributed by atoms with van der Waals surface area (Å²) in [5.74, 6) is -2.84. The molecule has 0 fully saturated rings. The maximum Gasteiger partial charge on any atom is 0.326 e. The highest BCUT2D eigenvalue weighted by Gasteiger charge is 2.31. The number of aliphatic carboxylic acids is 1. The molecule has 3 amide bonds. The van der Waals surface area contributed by atoms with Gasteiger partial charge in [-0.05, 0) is 49.1 Å². The number of carboxylic acid groups (broad SMARTS) is 1. The Morgan fingerprint density at radius 1 is 0.881 bits per heavy atom. The van der Waals surface area contributed by atoms with Crippen LogP contribution in [0, 0.1) is 11.8 Å². The standard InChI is InChI=1S/C29H46N8O5/c1-16(2)12-20(30)25(38)35-22(10-7-11-33-29(31)32)26(39)36-23(27(40)37-24(28(41)42)13-17(3)4)14-18-15-34-21-9-6-5-8-19(18)21/h5-6,8-9,15-17,20,22-24,34H,7,10-14,30H2,1-4H3,(H,35,38)(H,36,39)(H,37,40)(H,41,42)(H4,31,32,33). The van der Waals surface area contributed by atoms with E-state index >= 15 is 0 Å². The van der Waals surface area contributed by atoms with E-state index in [-0.39, 0.29) is 43.6 Å². The van der Waals surface area contributed by atoms with Gasteiger partial charge in [-0.1, -0.05) is 45.9 Å². The molecule has 2 rings (SSSR count). The van der Waals surface area contributed by atoms with Gasteiger partial charge >= 0.3 is 5.97 Å². The third kappa shape index (κ3) is 11.0. The zero-order valence-corrected chi connectivity index (χ0v) is 24.9. The molecule has 0 aliphatic rings. The third-order valence-corrected chi connectivity index (χ3v) is 6.69. The number of benzene rings is 1. The number of nitrogens with two attached hydrogens (primary N) is 3. The topological polar surface area (TPSA) is 231 Å². The number of nitrogens with one attached hydrogen (secondary N) is 4. The third-order valence-electron chi connectivity index (χ3n) is 6.69. The van der Waals surface area contributed by atoms with Crippen molar-refractivity contribution in [2.24, 2.45) is 34.0 Å². The van der Waals surface area contributed by atoms with Crippen molar-refractivity contribution in [3.8, 4) is 0 Å². The Bertz CT molecular complexity index is 1240. The second kappa shape index (κ2) is 16.3. The lowest BCUT2D eigenvalue weighted by Gasteiger charge is -2.26. The van der Waals surface area contributed by atoms with Gasteiger partial charge < -0.3 is 43.2 Å². The van der Waals surface area contributed by atoms with Crippen molar-refractivity contribution >= 4 is 40.6 Å². The number of carbonyl (C=O) groups is 4. The Balaban J connectivity index is 2.33. The van der Waals surface area contributed by atoms with Crippen molar-refractivity contribution in [2.75, 3.05) is 6.54 Å². The second-order valence-corrected chi connectivity index (χ2v) is 11.4. The molecule has 1 heterocycles. The first-order valence-corrected chi connectivity index (χ1v) is 14.3. The second-order valence-electron chi connectivity index (χ2n) is 11.4. The largest absolute Gasteiger partial charge is 0.480 e. The summed E-state index contributed by atoms with van der Waals surface area (Å²) in [5, 5.41) is 18.6. The van der Waals surface area contributed by atoms with Crippen LogP contribution in [0.15, 0.2) is 35.5 Å². The molecule has 232 valence electrons. The number of carboxylic acids is 1. The number of H-pyrrole nitrogens is 1. The van der Waals surface area contributed by atoms with Crippen LogP contribution in [0.1, 0.15) is 58.9 Å². The number of rotatable bonds is 17. The van der Waals surface area contributed by atoms with Crippen molar-refractivity contribution in [2.45, 2.75) is 84.0 Å². The molecule has 0 saturated carbocycles. The lowest BCUT2D eigenvalue weighted by molar-refractivity contribution is -0.142. The van der Waals surface area contributed by atoms with E-state index in [1.165, 1.54) is 0 Å². The highest BCUT2D eigenvalue weighted by Crippen LogP contribution is 2.19. The van der Waals surface area contributed by atoms with E-state index in [4.69, 9.17) is 17.2 Å². The molecule has 11 N–H and O–H groups in total. The number of amides is 3. The Kier molecular flexibility index (Phi) is 13.3. The Morgan fingerprint density at radius 3 is 2.10 bits per heavy atom. The molecule has 0 spiro atoms. The van der Waals surface area contributed by atoms with Gasteiger partial charge in [0, 0.05) is 30.1 Å². The number of nitrogens with zero attached hydrogens (tertiary/aromatic N) is 1. The van der Waals surface area contributed by atoms with Crippen LogP contribution < -0.4 is 33.2 Å². The van der Waals surface area contributed by atoms with E-state index in [1.54, 1.807) is 6.20 Å². The summed E-state index contributed by atoms with van der Waals surface area (Å²) in [4.78, 5) is 58.9. The van der Waals surface area contributed by atoms with Crippen LogP contribution in [0.2, 0.25) is 0 Å². The Hall–Kier alpha value is -4.13. The van der Waals surface area contributed by atoms with Gasteiger partial charge in [0.25, 0.3) is 0 Å². The monoisotopic (exact) mass is 586 g/mol. The summed E-state index contributed by atoms with van der Waals surface area (Å²) in [7, 11) is 0. The van der Waals surface area contributed by atoms with Crippen LogP contribution >= 0.6 is 0 Å². The van der Waals surface area contributed by atoms with Crippen LogP contribution in [-0.4, -0.2) is 70.5 Å². The number of aromatic nitrogens is 1. The van der Waals surface area contributed by atoms with E-state index in [2.05, 4.69) is 25.9 Å². The van der Waals surface area contributed by atoms with Crippen molar-refractivity contribution in [1.82, 2.24) is 20.9 Å². The summed E-state index contributed by atoms with van der Waals surface area (Å²) < 4.78 is 0. The zero-order chi connectivity index (χ0) is 31.4. The summed E-state index contributed by atoms with van der Waals surface area (Å²) in [5.41, 5.74) is 18.5. The average Bonchev–Trinajstić information content (AvgIpc) is 3.31. The summed E-state index contributed by atoms with van der Waals surface area (Å²) in [6.07, 6.45) is 3.01. The first kappa shape index (κ1) is 34.1. The minimum absolute atomic E-state index is 0.00733. The number of hydrogen-bond acceptors (Lipinski definition) is 6. The first-order valence-electron chi connectivity index (χ1n) is 14.3. The molecule has 0 aliphatic carbocycles. The van der Waals surface area contributed by atoms with Gasteiger partial charge in [0.2, 0.25) is 17.7 Å². The Labute approximate surface area is 246 Å². The van der Waals surface area contributed by atoms with Gasteiger partial charge in [0.1, 0.15) is 18.1 Å². The summed E-state index contributed by atoms with van der Waals surface area (Å²) >= 11 is 0. The van der Waals surface area contributed by atoms with Crippen molar-refractivity contribution in [1.29, 1.82) is 0 Å². The van der Waals surface area contributed by atoms with Crippen LogP contribution in [-0.2, 0) is 25.6 Å². The fraction of sp³-hybridized carbons (Fsp3) is 0.552. The SMILES string of the molecule is CC(C)CC(N)C(=O)NC(CCCN=C(N)N)C(=O)NC(Cc1c[nH]c2ccccc12)C(=O)NC(CC(C)C)C(=O)O. The fourth-order valence-corrected chi connectivity index (χ4v) is 4.63. The number of carbonyl (C=O) groups excluding carboxylic acids is 3. The normalized spacial score (nSPS) is 14.2. The predicted octanol–water partition coefficient (Wildman–Crippen LogP) is 0.723. The molecule has 0 radical (unpaired) electrons. The quantitative estimate of drug-likeness (QED) is 0.0746. The molecule has 13 heteroatoms. The summed E-state index contributed by atoms with van der Waals surface area (Å²) in [6.45, 7) is 7.81. The van der Waals surface area contributed by atoms with E-state index < -0.39 is 47.9 Å². The predicted molar refractivity (Wildman–Crippen MR) is 162 cm³/mol. The smallest absolute Gasteiger partial charge is 0.326 e. The lowest BCUT2D eigenvalue weighted by Crippen LogP contribution is -2.57. The first-order chi connectivity index (χ1) is 19.8. The van der Waals surface area contributed by atoms with Gasteiger partial charge in [0.15, 0.2) is 5.96 Å². The molecular formula is C29H46N8O5. The number of para-hydroxylation sites is 1. The molecule has 0 bridgehead atoms. The molecule has 0 aliphatic heterocycles. The number of hydrogen-bond donors (Lipinski definition) is 8. The molecule has 1 aromatic heterocycles. The number of fused-ring (bicyclic) bond motifs is 1.